The molecule has 10 nitrogen and oxygen atoms in total. The van der Waals surface area contributed by atoms with Gasteiger partial charge in [0.05, 0.1) is 25.4 Å². The molecule has 0 aliphatic carbocycles. The van der Waals surface area contributed by atoms with Gasteiger partial charge in [-0.15, -0.1) is 0 Å². The lowest BCUT2D eigenvalue weighted by atomic mass is 9.99. The first-order valence-electron chi connectivity index (χ1n) is 27.0. The largest absolute Gasteiger partial charge is 0.394 e. The highest BCUT2D eigenvalue weighted by atomic mass is 16.7. The van der Waals surface area contributed by atoms with E-state index in [1.54, 1.807) is 6.08 Å². The van der Waals surface area contributed by atoms with Gasteiger partial charge in [0.1, 0.15) is 30.5 Å². The highest BCUT2D eigenvalue weighted by molar-refractivity contribution is 5.80. The molecule has 65 heavy (non-hydrogen) atoms. The summed E-state index contributed by atoms with van der Waals surface area (Å²) in [5.74, 6) is -0.631. The first-order valence-corrected chi connectivity index (χ1v) is 27.0. The molecule has 1 fully saturated rings. The van der Waals surface area contributed by atoms with Gasteiger partial charge >= 0.3 is 0 Å². The van der Waals surface area contributed by atoms with Crippen LogP contribution in [0.2, 0.25) is 0 Å². The third-order valence-electron chi connectivity index (χ3n) is 12.7. The Morgan fingerprint density at radius 3 is 1.43 bits per heavy atom. The van der Waals surface area contributed by atoms with Crippen molar-refractivity contribution in [2.45, 2.75) is 281 Å². The number of amides is 1. The molecule has 1 heterocycles. The number of carbonyl (C=O) groups is 1. The van der Waals surface area contributed by atoms with Crippen molar-refractivity contribution in [3.63, 3.8) is 0 Å². The molecule has 1 saturated heterocycles. The Kier molecular flexibility index (Phi) is 41.9. The van der Waals surface area contributed by atoms with Gasteiger partial charge in [-0.2, -0.15) is 0 Å². The van der Waals surface area contributed by atoms with Gasteiger partial charge in [0.15, 0.2) is 6.29 Å². The van der Waals surface area contributed by atoms with E-state index in [1.165, 1.54) is 154 Å². The number of aliphatic hydroxyl groups excluding tert-OH is 6. The Morgan fingerprint density at radius 2 is 0.954 bits per heavy atom. The molecule has 1 aliphatic heterocycles. The quantitative estimate of drug-likeness (QED) is 0.0232. The second kappa shape index (κ2) is 44.6. The summed E-state index contributed by atoms with van der Waals surface area (Å²) < 4.78 is 11.2. The molecular formula is C55H101NO9. The van der Waals surface area contributed by atoms with Crippen LogP contribution in [-0.4, -0.2) is 98.7 Å². The smallest absolute Gasteiger partial charge is 0.249 e. The molecule has 0 radical (unpaired) electrons. The Morgan fingerprint density at radius 1 is 0.538 bits per heavy atom. The van der Waals surface area contributed by atoms with E-state index in [9.17, 15) is 35.4 Å². The van der Waals surface area contributed by atoms with Gasteiger partial charge in [-0.05, 0) is 64.2 Å². The number of ether oxygens (including phenoxy) is 2. The Bertz CT molecular complexity index is 1180. The molecule has 0 aromatic heterocycles. The fourth-order valence-electron chi connectivity index (χ4n) is 8.33. The standard InChI is InChI=1S/C55H101NO9/c1-3-5-7-9-11-13-15-17-19-21-22-23-24-25-26-27-28-30-32-34-36-38-40-42-44-49(59)54(63)56-47(46-64-55-53(62)52(61)51(60)50(45-57)65-55)48(58)43-41-39-37-35-33-31-29-20-18-16-14-12-10-8-6-4-2/h22-23,25-26,33,35,41,43,47-53,55,57-62H,3-21,24,27-32,34,36-40,42,44-46H2,1-2H3,(H,56,63)/b23-22-,26-25-,35-33+,43-41+. The van der Waals surface area contributed by atoms with Crippen molar-refractivity contribution in [2.75, 3.05) is 13.2 Å². The van der Waals surface area contributed by atoms with E-state index in [-0.39, 0.29) is 6.61 Å². The average Bonchev–Trinajstić information content (AvgIpc) is 3.31. The second-order valence-electron chi connectivity index (χ2n) is 18.8. The van der Waals surface area contributed by atoms with Crippen LogP contribution in [0.1, 0.15) is 232 Å². The number of nitrogens with one attached hydrogen (secondary N) is 1. The van der Waals surface area contributed by atoms with Gasteiger partial charge in [-0.3, -0.25) is 4.79 Å². The molecule has 0 spiro atoms. The normalized spacial score (nSPS) is 20.8. The minimum absolute atomic E-state index is 0.296. The molecule has 7 N–H and O–H groups in total. The van der Waals surface area contributed by atoms with Crippen LogP contribution in [0.15, 0.2) is 48.6 Å². The van der Waals surface area contributed by atoms with Crippen LogP contribution in [0.3, 0.4) is 0 Å². The van der Waals surface area contributed by atoms with Gasteiger partial charge < -0.3 is 45.4 Å². The lowest BCUT2D eigenvalue weighted by Crippen LogP contribution is -2.60. The highest BCUT2D eigenvalue weighted by Gasteiger charge is 2.44. The number of allylic oxidation sites excluding steroid dienone is 7. The van der Waals surface area contributed by atoms with Crippen molar-refractivity contribution in [3.8, 4) is 0 Å². The maximum absolute atomic E-state index is 13.1. The minimum Gasteiger partial charge on any atom is -0.394 e. The summed E-state index contributed by atoms with van der Waals surface area (Å²) in [5, 5.41) is 64.9. The van der Waals surface area contributed by atoms with Gasteiger partial charge in [-0.25, -0.2) is 0 Å². The van der Waals surface area contributed by atoms with E-state index in [0.29, 0.717) is 19.3 Å². The summed E-state index contributed by atoms with van der Waals surface area (Å²) >= 11 is 0. The Hall–Kier alpha value is -1.89. The fourth-order valence-corrected chi connectivity index (χ4v) is 8.33. The summed E-state index contributed by atoms with van der Waals surface area (Å²) in [5.41, 5.74) is 0. The maximum atomic E-state index is 13.1. The summed E-state index contributed by atoms with van der Waals surface area (Å²) in [7, 11) is 0. The number of hydrogen-bond donors (Lipinski definition) is 7. The number of carbonyl (C=O) groups excluding carboxylic acids is 1. The van der Waals surface area contributed by atoms with Crippen LogP contribution < -0.4 is 5.32 Å². The van der Waals surface area contributed by atoms with Crippen molar-refractivity contribution >= 4 is 5.91 Å². The van der Waals surface area contributed by atoms with E-state index >= 15 is 0 Å². The number of unbranched alkanes of at least 4 members (excludes halogenated alkanes) is 28. The lowest BCUT2D eigenvalue weighted by molar-refractivity contribution is -0.302. The van der Waals surface area contributed by atoms with Crippen molar-refractivity contribution in [2.24, 2.45) is 0 Å². The molecular weight excluding hydrogens is 819 g/mol. The zero-order valence-electron chi connectivity index (χ0n) is 41.6. The van der Waals surface area contributed by atoms with Crippen LogP contribution in [0.4, 0.5) is 0 Å². The van der Waals surface area contributed by atoms with Crippen molar-refractivity contribution < 1.29 is 44.9 Å². The molecule has 1 rings (SSSR count). The first-order chi connectivity index (χ1) is 31.8. The van der Waals surface area contributed by atoms with Crippen LogP contribution in [0.5, 0.6) is 0 Å². The van der Waals surface area contributed by atoms with Crippen molar-refractivity contribution in [3.05, 3.63) is 48.6 Å². The monoisotopic (exact) mass is 920 g/mol. The third kappa shape index (κ3) is 34.1. The van der Waals surface area contributed by atoms with E-state index in [0.717, 1.165) is 44.9 Å². The molecule has 8 atom stereocenters. The number of hydrogen-bond acceptors (Lipinski definition) is 9. The molecule has 0 bridgehead atoms. The van der Waals surface area contributed by atoms with Gasteiger partial charge in [-0.1, -0.05) is 217 Å². The summed E-state index contributed by atoms with van der Waals surface area (Å²) in [6.07, 6.45) is 47.7. The zero-order chi connectivity index (χ0) is 47.4. The number of rotatable bonds is 45. The Labute approximate surface area is 397 Å². The topological polar surface area (TPSA) is 169 Å². The molecule has 1 amide bonds. The molecule has 0 saturated carbocycles. The molecule has 8 unspecified atom stereocenters. The van der Waals surface area contributed by atoms with E-state index in [4.69, 9.17) is 9.47 Å². The van der Waals surface area contributed by atoms with Gasteiger partial charge in [0, 0.05) is 0 Å². The van der Waals surface area contributed by atoms with Crippen LogP contribution in [0.25, 0.3) is 0 Å². The van der Waals surface area contributed by atoms with E-state index in [2.05, 4.69) is 55.6 Å². The van der Waals surface area contributed by atoms with E-state index < -0.39 is 61.5 Å². The summed E-state index contributed by atoms with van der Waals surface area (Å²) in [6.45, 7) is 3.60. The maximum Gasteiger partial charge on any atom is 0.249 e. The van der Waals surface area contributed by atoms with Crippen LogP contribution in [-0.2, 0) is 14.3 Å². The minimum atomic E-state index is -1.62. The van der Waals surface area contributed by atoms with Gasteiger partial charge in [0.2, 0.25) is 5.91 Å². The summed E-state index contributed by atoms with van der Waals surface area (Å²) in [4.78, 5) is 13.1. The van der Waals surface area contributed by atoms with Crippen molar-refractivity contribution in [1.82, 2.24) is 5.32 Å². The second-order valence-corrected chi connectivity index (χ2v) is 18.8. The predicted molar refractivity (Wildman–Crippen MR) is 269 cm³/mol. The zero-order valence-corrected chi connectivity index (χ0v) is 41.6. The molecule has 1 aliphatic rings. The first kappa shape index (κ1) is 61.1. The predicted octanol–water partition coefficient (Wildman–Crippen LogP) is 11.5. The lowest BCUT2D eigenvalue weighted by Gasteiger charge is -2.40. The Balaban J connectivity index is 2.33. The van der Waals surface area contributed by atoms with Gasteiger partial charge in [0.25, 0.3) is 0 Å². The molecule has 0 aromatic rings. The molecule has 10 heteroatoms. The molecule has 380 valence electrons. The summed E-state index contributed by atoms with van der Waals surface area (Å²) in [6, 6.07) is -1.00. The average molecular weight is 920 g/mol. The van der Waals surface area contributed by atoms with Crippen LogP contribution in [0, 0.1) is 0 Å². The van der Waals surface area contributed by atoms with Crippen LogP contribution >= 0.6 is 0 Å². The number of aliphatic hydroxyl groups is 6. The molecule has 0 aromatic carbocycles. The van der Waals surface area contributed by atoms with E-state index in [1.807, 2.05) is 6.08 Å². The third-order valence-corrected chi connectivity index (χ3v) is 12.7. The highest BCUT2D eigenvalue weighted by Crippen LogP contribution is 2.23. The SMILES string of the molecule is CCCCCCCCCCC/C=C\C/C=C\CCCCCCCCCCC(O)C(=O)NC(COC1OC(CO)C(O)C(O)C1O)C(O)/C=C/CC/C=C/CCCCCCCCCCCC. The van der Waals surface area contributed by atoms with Crippen molar-refractivity contribution in [1.29, 1.82) is 0 Å². The fraction of sp³-hybridized carbons (Fsp3) is 0.836.